The Balaban J connectivity index is 0.00000242. The average molecular weight is 336 g/mol. The molecule has 7 heteroatoms. The lowest BCUT2D eigenvalue weighted by atomic mass is 10.1. The van der Waals surface area contributed by atoms with Gasteiger partial charge in [-0.05, 0) is 26.2 Å². The fraction of sp³-hybridized carbons (Fsp3) is 0.933. The number of piperazine rings is 1. The van der Waals surface area contributed by atoms with Crippen molar-refractivity contribution in [2.45, 2.75) is 38.4 Å². The summed E-state index contributed by atoms with van der Waals surface area (Å²) in [5.41, 5.74) is 0. The van der Waals surface area contributed by atoms with Crippen molar-refractivity contribution in [1.82, 2.24) is 15.5 Å². The molecule has 2 aliphatic rings. The van der Waals surface area contributed by atoms with Crippen LogP contribution in [0, 0.1) is 0 Å². The second kappa shape index (κ2) is 11.2. The van der Waals surface area contributed by atoms with E-state index in [1.807, 2.05) is 6.92 Å². The minimum Gasteiger partial charge on any atom is -0.376 e. The van der Waals surface area contributed by atoms with E-state index in [-0.39, 0.29) is 24.4 Å². The van der Waals surface area contributed by atoms with Crippen molar-refractivity contribution in [3.8, 4) is 0 Å². The number of hydrogen-bond acceptors (Lipinski definition) is 5. The third-order valence-corrected chi connectivity index (χ3v) is 4.11. The lowest BCUT2D eigenvalue weighted by Crippen LogP contribution is -2.47. The van der Waals surface area contributed by atoms with Gasteiger partial charge >= 0.3 is 0 Å². The highest BCUT2D eigenvalue weighted by Gasteiger charge is 2.19. The molecule has 130 valence electrons. The van der Waals surface area contributed by atoms with Crippen molar-refractivity contribution in [2.75, 3.05) is 52.5 Å². The van der Waals surface area contributed by atoms with Gasteiger partial charge in [-0.2, -0.15) is 0 Å². The number of ether oxygens (including phenoxy) is 2. The van der Waals surface area contributed by atoms with E-state index in [1.165, 1.54) is 6.42 Å². The summed E-state index contributed by atoms with van der Waals surface area (Å²) in [4.78, 5) is 14.3. The molecule has 2 atom stereocenters. The molecule has 0 radical (unpaired) electrons. The number of nitrogens with one attached hydrogen (secondary N) is 2. The summed E-state index contributed by atoms with van der Waals surface area (Å²) in [5, 5.41) is 6.27. The van der Waals surface area contributed by atoms with Gasteiger partial charge in [0.1, 0.15) is 6.10 Å². The molecule has 0 aromatic rings. The van der Waals surface area contributed by atoms with E-state index in [2.05, 4.69) is 15.5 Å². The molecule has 0 aromatic carbocycles. The number of halogens is 1. The van der Waals surface area contributed by atoms with Crippen LogP contribution in [-0.2, 0) is 14.3 Å². The maximum Gasteiger partial charge on any atom is 0.248 e. The van der Waals surface area contributed by atoms with Crippen LogP contribution in [0.4, 0.5) is 0 Å². The first-order chi connectivity index (χ1) is 10.3. The Bertz CT molecular complexity index is 308. The van der Waals surface area contributed by atoms with E-state index >= 15 is 0 Å². The molecule has 6 nitrogen and oxygen atoms in total. The van der Waals surface area contributed by atoms with Crippen molar-refractivity contribution in [2.24, 2.45) is 0 Å². The Morgan fingerprint density at radius 2 is 2.18 bits per heavy atom. The summed E-state index contributed by atoms with van der Waals surface area (Å²) in [6, 6.07) is 0. The van der Waals surface area contributed by atoms with Gasteiger partial charge in [0.05, 0.1) is 12.7 Å². The van der Waals surface area contributed by atoms with Crippen LogP contribution in [0.3, 0.4) is 0 Å². The van der Waals surface area contributed by atoms with Crippen LogP contribution in [0.2, 0.25) is 0 Å². The van der Waals surface area contributed by atoms with Crippen LogP contribution in [-0.4, -0.2) is 75.5 Å². The summed E-state index contributed by atoms with van der Waals surface area (Å²) in [7, 11) is 0. The molecule has 0 aromatic heterocycles. The van der Waals surface area contributed by atoms with Crippen LogP contribution < -0.4 is 10.6 Å². The van der Waals surface area contributed by atoms with Gasteiger partial charge in [-0.1, -0.05) is 0 Å². The third kappa shape index (κ3) is 7.24. The standard InChI is InChI=1S/C15H29N3O3.ClH/c1-13(21-12-14-4-2-3-11-20-14)15(19)17-7-10-18-8-5-16-6-9-18;/h13-14,16H,2-12H2,1H3,(H,17,19);1H. The zero-order valence-corrected chi connectivity index (χ0v) is 14.3. The highest BCUT2D eigenvalue weighted by Crippen LogP contribution is 2.13. The predicted molar refractivity (Wildman–Crippen MR) is 88.6 cm³/mol. The smallest absolute Gasteiger partial charge is 0.248 e. The molecule has 22 heavy (non-hydrogen) atoms. The second-order valence-corrected chi connectivity index (χ2v) is 5.85. The van der Waals surface area contributed by atoms with Gasteiger partial charge in [-0.15, -0.1) is 12.4 Å². The largest absolute Gasteiger partial charge is 0.376 e. The molecule has 0 aliphatic carbocycles. The third-order valence-electron chi connectivity index (χ3n) is 4.11. The van der Waals surface area contributed by atoms with Gasteiger partial charge in [-0.25, -0.2) is 0 Å². The van der Waals surface area contributed by atoms with Crippen molar-refractivity contribution in [1.29, 1.82) is 0 Å². The Hall–Kier alpha value is -0.400. The molecular weight excluding hydrogens is 306 g/mol. The van der Waals surface area contributed by atoms with Crippen LogP contribution in [0.15, 0.2) is 0 Å². The van der Waals surface area contributed by atoms with Crippen LogP contribution in [0.5, 0.6) is 0 Å². The first-order valence-electron chi connectivity index (χ1n) is 8.19. The Labute approximate surface area is 139 Å². The van der Waals surface area contributed by atoms with Crippen LogP contribution >= 0.6 is 12.4 Å². The number of carbonyl (C=O) groups is 1. The average Bonchev–Trinajstić information content (AvgIpc) is 2.54. The van der Waals surface area contributed by atoms with Crippen molar-refractivity contribution in [3.05, 3.63) is 0 Å². The Kier molecular flexibility index (Phi) is 9.99. The monoisotopic (exact) mass is 335 g/mol. The molecule has 1 amide bonds. The van der Waals surface area contributed by atoms with E-state index in [0.29, 0.717) is 13.2 Å². The number of rotatable bonds is 7. The molecule has 0 spiro atoms. The summed E-state index contributed by atoms with van der Waals surface area (Å²) in [5.74, 6) is -0.0269. The van der Waals surface area contributed by atoms with Gasteiger partial charge in [0, 0.05) is 45.9 Å². The van der Waals surface area contributed by atoms with Crippen molar-refractivity contribution in [3.63, 3.8) is 0 Å². The summed E-state index contributed by atoms with van der Waals surface area (Å²) < 4.78 is 11.2. The zero-order valence-electron chi connectivity index (χ0n) is 13.5. The molecule has 2 saturated heterocycles. The van der Waals surface area contributed by atoms with Crippen molar-refractivity contribution >= 4 is 18.3 Å². The minimum absolute atomic E-state index is 0. The second-order valence-electron chi connectivity index (χ2n) is 5.85. The molecule has 2 N–H and O–H groups in total. The van der Waals surface area contributed by atoms with Gasteiger partial charge in [-0.3, -0.25) is 9.69 Å². The molecular formula is C15H30ClN3O3. The van der Waals surface area contributed by atoms with Gasteiger partial charge < -0.3 is 20.1 Å². The summed E-state index contributed by atoms with van der Waals surface area (Å²) >= 11 is 0. The fourth-order valence-corrected chi connectivity index (χ4v) is 2.68. The highest BCUT2D eigenvalue weighted by molar-refractivity contribution is 5.85. The summed E-state index contributed by atoms with van der Waals surface area (Å²) in [6.07, 6.45) is 3.13. The lowest BCUT2D eigenvalue weighted by Gasteiger charge is -2.27. The number of carbonyl (C=O) groups excluding carboxylic acids is 1. The number of amides is 1. The first kappa shape index (κ1) is 19.6. The fourth-order valence-electron chi connectivity index (χ4n) is 2.68. The molecule has 2 rings (SSSR count). The van der Waals surface area contributed by atoms with E-state index in [0.717, 1.165) is 52.2 Å². The Morgan fingerprint density at radius 3 is 2.86 bits per heavy atom. The van der Waals surface area contributed by atoms with E-state index in [9.17, 15) is 4.79 Å². The lowest BCUT2D eigenvalue weighted by molar-refractivity contribution is -0.135. The molecule has 2 heterocycles. The molecule has 2 aliphatic heterocycles. The quantitative estimate of drug-likeness (QED) is 0.705. The molecule has 0 saturated carbocycles. The topological polar surface area (TPSA) is 62.8 Å². The molecule has 2 fully saturated rings. The molecule has 0 bridgehead atoms. The van der Waals surface area contributed by atoms with Gasteiger partial charge in [0.2, 0.25) is 5.91 Å². The van der Waals surface area contributed by atoms with E-state index in [4.69, 9.17) is 9.47 Å². The predicted octanol–water partition coefficient (Wildman–Crippen LogP) is 0.404. The zero-order chi connectivity index (χ0) is 14.9. The Morgan fingerprint density at radius 1 is 1.41 bits per heavy atom. The summed E-state index contributed by atoms with van der Waals surface area (Å²) in [6.45, 7) is 8.93. The van der Waals surface area contributed by atoms with Crippen LogP contribution in [0.1, 0.15) is 26.2 Å². The normalized spacial score (nSPS) is 24.3. The molecule has 2 unspecified atom stereocenters. The van der Waals surface area contributed by atoms with Crippen LogP contribution in [0.25, 0.3) is 0 Å². The first-order valence-corrected chi connectivity index (χ1v) is 8.19. The van der Waals surface area contributed by atoms with Gasteiger partial charge in [0.15, 0.2) is 0 Å². The maximum atomic E-state index is 11.9. The van der Waals surface area contributed by atoms with E-state index in [1.54, 1.807) is 0 Å². The maximum absolute atomic E-state index is 11.9. The minimum atomic E-state index is -0.404. The number of hydrogen-bond donors (Lipinski definition) is 2. The highest BCUT2D eigenvalue weighted by atomic mass is 35.5. The SMILES string of the molecule is CC(OCC1CCCCO1)C(=O)NCCN1CCNCC1.Cl. The number of nitrogens with zero attached hydrogens (tertiary/aromatic N) is 1. The van der Waals surface area contributed by atoms with Gasteiger partial charge in [0.25, 0.3) is 0 Å². The van der Waals surface area contributed by atoms with Crippen molar-refractivity contribution < 1.29 is 14.3 Å². The van der Waals surface area contributed by atoms with E-state index < -0.39 is 6.10 Å².